The van der Waals surface area contributed by atoms with Gasteiger partial charge in [0, 0.05) is 24.8 Å². The van der Waals surface area contributed by atoms with Crippen LogP contribution in [0.15, 0.2) is 18.2 Å². The summed E-state index contributed by atoms with van der Waals surface area (Å²) in [5.74, 6) is 0.594. The third-order valence-electron chi connectivity index (χ3n) is 3.60. The van der Waals surface area contributed by atoms with E-state index >= 15 is 0 Å². The molecule has 1 aliphatic rings. The summed E-state index contributed by atoms with van der Waals surface area (Å²) in [5.41, 5.74) is 7.95. The summed E-state index contributed by atoms with van der Waals surface area (Å²) in [6.07, 6.45) is 2.41. The van der Waals surface area contributed by atoms with E-state index in [0.717, 1.165) is 30.3 Å². The molecule has 0 aliphatic carbocycles. The van der Waals surface area contributed by atoms with Crippen molar-refractivity contribution < 1.29 is 4.39 Å². The third kappa shape index (κ3) is 2.78. The zero-order valence-corrected chi connectivity index (χ0v) is 10.6. The van der Waals surface area contributed by atoms with E-state index in [9.17, 15) is 4.39 Å². The van der Waals surface area contributed by atoms with Crippen LogP contribution in [0.2, 0.25) is 0 Å². The monoisotopic (exact) mass is 236 g/mol. The minimum atomic E-state index is -0.202. The van der Waals surface area contributed by atoms with Gasteiger partial charge in [0.2, 0.25) is 0 Å². The first-order valence-corrected chi connectivity index (χ1v) is 6.38. The minimum absolute atomic E-state index is 0.125. The number of hydrogen-bond acceptors (Lipinski definition) is 2. The molecule has 1 aliphatic heterocycles. The number of nitrogens with two attached hydrogens (primary N) is 1. The number of nitrogens with zero attached hydrogens (tertiary/aromatic N) is 1. The molecule has 2 N–H and O–H groups in total. The average Bonchev–Trinajstić information content (AvgIpc) is 2.30. The Morgan fingerprint density at radius 3 is 2.59 bits per heavy atom. The van der Waals surface area contributed by atoms with Crippen molar-refractivity contribution in [2.75, 3.05) is 18.0 Å². The molecule has 1 saturated heterocycles. The van der Waals surface area contributed by atoms with E-state index < -0.39 is 0 Å². The highest BCUT2D eigenvalue weighted by atomic mass is 19.1. The van der Waals surface area contributed by atoms with Gasteiger partial charge in [0.05, 0.1) is 0 Å². The van der Waals surface area contributed by atoms with Crippen LogP contribution >= 0.6 is 0 Å². The van der Waals surface area contributed by atoms with Gasteiger partial charge in [-0.3, -0.25) is 0 Å². The zero-order chi connectivity index (χ0) is 12.4. The minimum Gasteiger partial charge on any atom is -0.371 e. The number of benzene rings is 1. The molecule has 1 atom stereocenters. The van der Waals surface area contributed by atoms with Gasteiger partial charge in [-0.2, -0.15) is 0 Å². The smallest absolute Gasteiger partial charge is 0.123 e. The lowest BCUT2D eigenvalue weighted by Crippen LogP contribution is -2.34. The van der Waals surface area contributed by atoms with Crippen LogP contribution in [-0.2, 0) is 0 Å². The van der Waals surface area contributed by atoms with E-state index in [4.69, 9.17) is 5.73 Å². The Balaban J connectivity index is 2.25. The van der Waals surface area contributed by atoms with Gasteiger partial charge in [0.15, 0.2) is 0 Å². The second-order valence-electron chi connectivity index (χ2n) is 5.16. The molecule has 0 unspecified atom stereocenters. The molecule has 0 radical (unpaired) electrons. The van der Waals surface area contributed by atoms with E-state index in [1.165, 1.54) is 18.9 Å². The van der Waals surface area contributed by atoms with Gasteiger partial charge in [-0.15, -0.1) is 0 Å². The van der Waals surface area contributed by atoms with Crippen molar-refractivity contribution in [1.82, 2.24) is 0 Å². The fourth-order valence-corrected chi connectivity index (χ4v) is 2.43. The number of piperidine rings is 1. The first-order chi connectivity index (χ1) is 8.08. The highest BCUT2D eigenvalue weighted by Gasteiger charge is 2.19. The van der Waals surface area contributed by atoms with Crippen molar-refractivity contribution in [2.45, 2.75) is 32.7 Å². The summed E-state index contributed by atoms with van der Waals surface area (Å²) in [4.78, 5) is 2.33. The fourth-order valence-electron chi connectivity index (χ4n) is 2.43. The van der Waals surface area contributed by atoms with Gasteiger partial charge in [-0.1, -0.05) is 6.92 Å². The van der Waals surface area contributed by atoms with Crippen LogP contribution < -0.4 is 10.6 Å². The van der Waals surface area contributed by atoms with E-state index in [-0.39, 0.29) is 11.9 Å². The second kappa shape index (κ2) is 5.05. The maximum absolute atomic E-state index is 13.3. The summed E-state index contributed by atoms with van der Waals surface area (Å²) < 4.78 is 13.3. The third-order valence-corrected chi connectivity index (χ3v) is 3.60. The zero-order valence-electron chi connectivity index (χ0n) is 10.6. The lowest BCUT2D eigenvalue weighted by molar-refractivity contribution is 0.437. The Bertz CT molecular complexity index is 382. The van der Waals surface area contributed by atoms with E-state index in [0.29, 0.717) is 0 Å². The summed E-state index contributed by atoms with van der Waals surface area (Å²) in [5, 5.41) is 0. The van der Waals surface area contributed by atoms with Crippen molar-refractivity contribution in [2.24, 2.45) is 11.7 Å². The standard InChI is InChI=1S/C14H21FN2/c1-10-5-7-17(8-6-10)14-4-3-12(15)9-13(14)11(2)16/h3-4,9-11H,5-8,16H2,1-2H3/t11-/m0/s1. The molecule has 0 saturated carbocycles. The molecule has 1 aromatic rings. The molecule has 0 spiro atoms. The first kappa shape index (κ1) is 12.4. The normalized spacial score (nSPS) is 19.4. The molecule has 0 amide bonds. The van der Waals surface area contributed by atoms with Crippen molar-refractivity contribution in [3.8, 4) is 0 Å². The highest BCUT2D eigenvalue weighted by Crippen LogP contribution is 2.29. The van der Waals surface area contributed by atoms with Crippen molar-refractivity contribution in [3.63, 3.8) is 0 Å². The van der Waals surface area contributed by atoms with E-state index in [1.807, 2.05) is 13.0 Å². The van der Waals surface area contributed by atoms with Crippen LogP contribution in [0.4, 0.5) is 10.1 Å². The molecule has 2 rings (SSSR count). The van der Waals surface area contributed by atoms with Gasteiger partial charge in [-0.25, -0.2) is 4.39 Å². The molecular weight excluding hydrogens is 215 g/mol. The quantitative estimate of drug-likeness (QED) is 0.855. The topological polar surface area (TPSA) is 29.3 Å². The summed E-state index contributed by atoms with van der Waals surface area (Å²) >= 11 is 0. The average molecular weight is 236 g/mol. The number of hydrogen-bond donors (Lipinski definition) is 1. The SMILES string of the molecule is CC1CCN(c2ccc(F)cc2[C@H](C)N)CC1. The van der Waals surface area contributed by atoms with Crippen LogP contribution in [0, 0.1) is 11.7 Å². The van der Waals surface area contributed by atoms with Gasteiger partial charge in [0.25, 0.3) is 0 Å². The van der Waals surface area contributed by atoms with Crippen LogP contribution in [0.25, 0.3) is 0 Å². The Labute approximate surface area is 103 Å². The molecular formula is C14H21FN2. The number of anilines is 1. The maximum atomic E-state index is 13.3. The molecule has 1 heterocycles. The van der Waals surface area contributed by atoms with E-state index in [2.05, 4.69) is 11.8 Å². The molecule has 0 bridgehead atoms. The maximum Gasteiger partial charge on any atom is 0.123 e. The molecule has 94 valence electrons. The Morgan fingerprint density at radius 1 is 1.35 bits per heavy atom. The van der Waals surface area contributed by atoms with Crippen LogP contribution in [-0.4, -0.2) is 13.1 Å². The van der Waals surface area contributed by atoms with Gasteiger partial charge < -0.3 is 10.6 Å². The van der Waals surface area contributed by atoms with E-state index in [1.54, 1.807) is 6.07 Å². The fraction of sp³-hybridized carbons (Fsp3) is 0.571. The van der Waals surface area contributed by atoms with Crippen molar-refractivity contribution in [3.05, 3.63) is 29.6 Å². The van der Waals surface area contributed by atoms with Crippen LogP contribution in [0.5, 0.6) is 0 Å². The second-order valence-corrected chi connectivity index (χ2v) is 5.16. The lowest BCUT2D eigenvalue weighted by Gasteiger charge is -2.34. The van der Waals surface area contributed by atoms with Crippen LogP contribution in [0.3, 0.4) is 0 Å². The number of halogens is 1. The lowest BCUT2D eigenvalue weighted by atomic mass is 9.97. The number of rotatable bonds is 2. The molecule has 1 aromatic carbocycles. The Hall–Kier alpha value is -1.09. The Kier molecular flexibility index (Phi) is 3.67. The molecule has 0 aromatic heterocycles. The van der Waals surface area contributed by atoms with Gasteiger partial charge in [0.1, 0.15) is 5.82 Å². The summed E-state index contributed by atoms with van der Waals surface area (Å²) in [7, 11) is 0. The van der Waals surface area contributed by atoms with Crippen molar-refractivity contribution in [1.29, 1.82) is 0 Å². The predicted molar refractivity (Wildman–Crippen MR) is 69.6 cm³/mol. The molecule has 3 heteroatoms. The largest absolute Gasteiger partial charge is 0.371 e. The van der Waals surface area contributed by atoms with Gasteiger partial charge >= 0.3 is 0 Å². The molecule has 17 heavy (non-hydrogen) atoms. The Morgan fingerprint density at radius 2 is 2.00 bits per heavy atom. The van der Waals surface area contributed by atoms with Crippen LogP contribution in [0.1, 0.15) is 38.3 Å². The first-order valence-electron chi connectivity index (χ1n) is 6.38. The van der Waals surface area contributed by atoms with Crippen molar-refractivity contribution >= 4 is 5.69 Å². The molecule has 1 fully saturated rings. The molecule has 2 nitrogen and oxygen atoms in total. The highest BCUT2D eigenvalue weighted by molar-refractivity contribution is 5.55. The van der Waals surface area contributed by atoms with Gasteiger partial charge in [-0.05, 0) is 49.4 Å². The predicted octanol–water partition coefficient (Wildman–Crippen LogP) is 3.08. The summed E-state index contributed by atoms with van der Waals surface area (Å²) in [6.45, 7) is 6.29. The summed E-state index contributed by atoms with van der Waals surface area (Å²) in [6, 6.07) is 4.83.